The van der Waals surface area contributed by atoms with Crippen LogP contribution in [-0.2, 0) is 13.0 Å². The van der Waals surface area contributed by atoms with E-state index in [0.717, 1.165) is 31.5 Å². The lowest BCUT2D eigenvalue weighted by atomic mass is 9.93. The first-order valence-electron chi connectivity index (χ1n) is 7.57. The largest absolute Gasteiger partial charge is 0.477 e. The van der Waals surface area contributed by atoms with Crippen molar-refractivity contribution in [2.24, 2.45) is 0 Å². The Kier molecular flexibility index (Phi) is 4.66. The third-order valence-corrected chi connectivity index (χ3v) is 5.03. The number of halogens is 1. The highest BCUT2D eigenvalue weighted by molar-refractivity contribution is 14.1. The maximum Gasteiger partial charge on any atom is 0.142 e. The summed E-state index contributed by atoms with van der Waals surface area (Å²) >= 11 is 2.40. The fourth-order valence-electron chi connectivity index (χ4n) is 3.41. The van der Waals surface area contributed by atoms with Crippen LogP contribution in [0.25, 0.3) is 0 Å². The lowest BCUT2D eigenvalue weighted by Crippen LogP contribution is -2.41. The molecule has 0 atom stereocenters. The summed E-state index contributed by atoms with van der Waals surface area (Å²) in [5.74, 6) is 1.11. The second-order valence-electron chi connectivity index (χ2n) is 5.86. The molecule has 1 saturated carbocycles. The van der Waals surface area contributed by atoms with E-state index in [0.29, 0.717) is 0 Å². The van der Waals surface area contributed by atoms with Crippen molar-refractivity contribution in [2.75, 3.05) is 6.73 Å². The summed E-state index contributed by atoms with van der Waals surface area (Å²) in [6, 6.07) is 5.21. The van der Waals surface area contributed by atoms with Crippen LogP contribution in [-0.4, -0.2) is 17.7 Å². The standard InChI is InChI=1S/C17H22INO/c1-2-6-13-9-15(18)10-14-11-19(12-20-17(13)14)16-7-4-3-5-8-16/h2,9-10,16H,1,3-8,11-12H2. The third kappa shape index (κ3) is 3.03. The maximum absolute atomic E-state index is 6.10. The first-order valence-corrected chi connectivity index (χ1v) is 8.65. The number of nitrogens with zero attached hydrogens (tertiary/aromatic N) is 1. The van der Waals surface area contributed by atoms with Crippen molar-refractivity contribution in [1.82, 2.24) is 4.90 Å². The van der Waals surface area contributed by atoms with Gasteiger partial charge in [0.25, 0.3) is 0 Å². The van der Waals surface area contributed by atoms with E-state index in [4.69, 9.17) is 4.74 Å². The number of rotatable bonds is 3. The first-order chi connectivity index (χ1) is 9.78. The Morgan fingerprint density at radius 2 is 2.10 bits per heavy atom. The maximum atomic E-state index is 6.10. The van der Waals surface area contributed by atoms with Crippen LogP contribution >= 0.6 is 22.6 Å². The monoisotopic (exact) mass is 383 g/mol. The van der Waals surface area contributed by atoms with E-state index < -0.39 is 0 Å². The van der Waals surface area contributed by atoms with Gasteiger partial charge in [-0.15, -0.1) is 6.58 Å². The zero-order valence-corrected chi connectivity index (χ0v) is 14.1. The Morgan fingerprint density at radius 1 is 1.30 bits per heavy atom. The Balaban J connectivity index is 1.81. The van der Waals surface area contributed by atoms with Gasteiger partial charge in [0.1, 0.15) is 12.5 Å². The zero-order valence-electron chi connectivity index (χ0n) is 11.9. The number of ether oxygens (including phenoxy) is 1. The second-order valence-corrected chi connectivity index (χ2v) is 7.10. The molecule has 3 rings (SSSR count). The van der Waals surface area contributed by atoms with Crippen molar-refractivity contribution in [1.29, 1.82) is 0 Å². The molecular formula is C17H22INO. The van der Waals surface area contributed by atoms with Gasteiger partial charge in [-0.05, 0) is 59.5 Å². The van der Waals surface area contributed by atoms with Gasteiger partial charge in [-0.25, -0.2) is 0 Å². The lowest BCUT2D eigenvalue weighted by molar-refractivity contribution is 0.0397. The number of fused-ring (bicyclic) bond motifs is 1. The molecule has 1 fully saturated rings. The predicted octanol–water partition coefficient (Wildman–Crippen LogP) is 4.50. The summed E-state index contributed by atoms with van der Waals surface area (Å²) in [6.07, 6.45) is 9.68. The molecule has 0 N–H and O–H groups in total. The van der Waals surface area contributed by atoms with Gasteiger partial charge in [-0.2, -0.15) is 0 Å². The number of hydrogen-bond acceptors (Lipinski definition) is 2. The van der Waals surface area contributed by atoms with Crippen molar-refractivity contribution >= 4 is 22.6 Å². The number of hydrogen-bond donors (Lipinski definition) is 0. The molecule has 0 amide bonds. The molecule has 1 aromatic carbocycles. The Bertz CT molecular complexity index is 494. The van der Waals surface area contributed by atoms with E-state index in [-0.39, 0.29) is 0 Å². The highest BCUT2D eigenvalue weighted by Gasteiger charge is 2.27. The fourth-order valence-corrected chi connectivity index (χ4v) is 4.17. The molecule has 0 saturated heterocycles. The summed E-state index contributed by atoms with van der Waals surface area (Å²) in [6.45, 7) is 5.65. The average molecular weight is 383 g/mol. The molecule has 1 aromatic rings. The molecule has 108 valence electrons. The van der Waals surface area contributed by atoms with Gasteiger partial charge < -0.3 is 4.74 Å². The summed E-state index contributed by atoms with van der Waals surface area (Å²) < 4.78 is 7.40. The summed E-state index contributed by atoms with van der Waals surface area (Å²) in [5.41, 5.74) is 2.63. The molecule has 0 radical (unpaired) electrons. The smallest absolute Gasteiger partial charge is 0.142 e. The van der Waals surface area contributed by atoms with Crippen LogP contribution in [0, 0.1) is 3.57 Å². The van der Waals surface area contributed by atoms with Gasteiger partial charge in [-0.3, -0.25) is 4.90 Å². The second kappa shape index (κ2) is 6.48. The van der Waals surface area contributed by atoms with Gasteiger partial charge >= 0.3 is 0 Å². The van der Waals surface area contributed by atoms with E-state index >= 15 is 0 Å². The Morgan fingerprint density at radius 3 is 2.85 bits per heavy atom. The molecule has 1 aliphatic carbocycles. The fraction of sp³-hybridized carbons (Fsp3) is 0.529. The summed E-state index contributed by atoms with van der Waals surface area (Å²) in [4.78, 5) is 2.52. The zero-order chi connectivity index (χ0) is 13.9. The van der Waals surface area contributed by atoms with Crippen molar-refractivity contribution < 1.29 is 4.74 Å². The van der Waals surface area contributed by atoms with Crippen molar-refractivity contribution in [3.05, 3.63) is 39.5 Å². The van der Waals surface area contributed by atoms with E-state index in [1.165, 1.54) is 46.8 Å². The normalized spacial score (nSPS) is 20.2. The number of benzene rings is 1. The SMILES string of the molecule is C=CCc1cc(I)cc2c1OCN(C1CCCCC1)C2. The van der Waals surface area contributed by atoms with Crippen molar-refractivity contribution in [2.45, 2.75) is 51.1 Å². The van der Waals surface area contributed by atoms with Crippen LogP contribution in [0.3, 0.4) is 0 Å². The van der Waals surface area contributed by atoms with Gasteiger partial charge in [0.05, 0.1) is 0 Å². The molecule has 0 unspecified atom stereocenters. The van der Waals surface area contributed by atoms with E-state index in [1.54, 1.807) is 0 Å². The topological polar surface area (TPSA) is 12.5 Å². The molecule has 1 aliphatic heterocycles. The van der Waals surface area contributed by atoms with E-state index in [9.17, 15) is 0 Å². The Labute approximate surface area is 135 Å². The minimum absolute atomic E-state index is 0.720. The van der Waals surface area contributed by atoms with Gasteiger partial charge in [0.15, 0.2) is 0 Å². The summed E-state index contributed by atoms with van der Waals surface area (Å²) in [5, 5.41) is 0. The lowest BCUT2D eigenvalue weighted by Gasteiger charge is -2.38. The summed E-state index contributed by atoms with van der Waals surface area (Å²) in [7, 11) is 0. The van der Waals surface area contributed by atoms with Crippen LogP contribution < -0.4 is 4.74 Å². The highest BCUT2D eigenvalue weighted by atomic mass is 127. The van der Waals surface area contributed by atoms with Crippen LogP contribution in [0.5, 0.6) is 5.75 Å². The van der Waals surface area contributed by atoms with Crippen molar-refractivity contribution in [3.63, 3.8) is 0 Å². The molecule has 0 aromatic heterocycles. The molecule has 3 heteroatoms. The van der Waals surface area contributed by atoms with Crippen molar-refractivity contribution in [3.8, 4) is 5.75 Å². The highest BCUT2D eigenvalue weighted by Crippen LogP contribution is 2.34. The molecule has 0 bridgehead atoms. The molecule has 0 spiro atoms. The predicted molar refractivity (Wildman–Crippen MR) is 91.0 cm³/mol. The van der Waals surface area contributed by atoms with Gasteiger partial charge in [0.2, 0.25) is 0 Å². The van der Waals surface area contributed by atoms with E-state index in [1.807, 2.05) is 6.08 Å². The third-order valence-electron chi connectivity index (χ3n) is 4.41. The van der Waals surface area contributed by atoms with Crippen LogP contribution in [0.1, 0.15) is 43.2 Å². The minimum Gasteiger partial charge on any atom is -0.477 e. The first kappa shape index (κ1) is 14.4. The van der Waals surface area contributed by atoms with Gasteiger partial charge in [0, 0.05) is 21.7 Å². The minimum atomic E-state index is 0.720. The average Bonchev–Trinajstić information content (AvgIpc) is 2.47. The van der Waals surface area contributed by atoms with Crippen LogP contribution in [0.15, 0.2) is 24.8 Å². The van der Waals surface area contributed by atoms with Crippen LogP contribution in [0.2, 0.25) is 0 Å². The van der Waals surface area contributed by atoms with Gasteiger partial charge in [-0.1, -0.05) is 25.3 Å². The molecule has 2 nitrogen and oxygen atoms in total. The molecular weight excluding hydrogens is 361 g/mol. The van der Waals surface area contributed by atoms with Crippen LogP contribution in [0.4, 0.5) is 0 Å². The molecule has 20 heavy (non-hydrogen) atoms. The van der Waals surface area contributed by atoms with E-state index in [2.05, 4.69) is 46.2 Å². The molecule has 1 heterocycles. The Hall–Kier alpha value is -0.550. The molecule has 2 aliphatic rings. The quantitative estimate of drug-likeness (QED) is 0.563. The number of allylic oxidation sites excluding steroid dienone is 1.